The van der Waals surface area contributed by atoms with E-state index >= 15 is 0 Å². The van der Waals surface area contributed by atoms with Crippen LogP contribution in [0.25, 0.3) is 0 Å². The smallest absolute Gasteiger partial charge is 0.371 e. The minimum absolute atomic E-state index is 0.419. The summed E-state index contributed by atoms with van der Waals surface area (Å²) in [7, 11) is -3.90. The first-order valence-electron chi connectivity index (χ1n) is 5.80. The van der Waals surface area contributed by atoms with Gasteiger partial charge in [0.2, 0.25) is 10.9 Å². The Morgan fingerprint density at radius 3 is 2.40 bits per heavy atom. The normalized spacial score (nSPS) is 13.1. The fourth-order valence-electron chi connectivity index (χ4n) is 1.68. The zero-order valence-corrected chi connectivity index (χ0v) is 11.4. The third-order valence-electron chi connectivity index (χ3n) is 2.69. The number of sulfonamides is 1. The lowest BCUT2D eigenvalue weighted by Gasteiger charge is -2.13. The number of rotatable bonds is 5. The molecule has 0 spiro atoms. The van der Waals surface area contributed by atoms with Crippen LogP contribution in [-0.4, -0.2) is 19.5 Å². The summed E-state index contributed by atoms with van der Waals surface area (Å²) in [6.45, 7) is 1.69. The number of hydrogen-bond acceptors (Lipinski definition) is 4. The molecule has 2 N–H and O–H groups in total. The van der Waals surface area contributed by atoms with Gasteiger partial charge in [-0.05, 0) is 24.6 Å². The first kappa shape index (κ1) is 14.3. The van der Waals surface area contributed by atoms with Crippen molar-refractivity contribution in [1.82, 2.24) is 4.72 Å². The van der Waals surface area contributed by atoms with Crippen LogP contribution in [0.5, 0.6) is 0 Å². The SMILES string of the molecule is C[C@@H](NS(=O)(=O)c1ccc(C(=O)O)o1)c1ccccc1. The topological polar surface area (TPSA) is 96.6 Å². The molecule has 0 amide bonds. The fraction of sp³-hybridized carbons (Fsp3) is 0.154. The van der Waals surface area contributed by atoms with E-state index in [-0.39, 0.29) is 0 Å². The van der Waals surface area contributed by atoms with Gasteiger partial charge >= 0.3 is 5.97 Å². The maximum atomic E-state index is 12.1. The highest BCUT2D eigenvalue weighted by Crippen LogP contribution is 2.18. The van der Waals surface area contributed by atoms with Crippen LogP contribution < -0.4 is 4.72 Å². The van der Waals surface area contributed by atoms with Crippen molar-refractivity contribution in [2.75, 3.05) is 0 Å². The number of furan rings is 1. The number of nitrogens with one attached hydrogen (secondary N) is 1. The summed E-state index contributed by atoms with van der Waals surface area (Å²) < 4.78 is 31.3. The van der Waals surface area contributed by atoms with E-state index in [0.717, 1.165) is 17.7 Å². The maximum absolute atomic E-state index is 12.1. The lowest BCUT2D eigenvalue weighted by molar-refractivity contribution is 0.0656. The molecular weight excluding hydrogens is 282 g/mol. The number of aromatic carboxylic acids is 1. The number of carboxylic acid groups (broad SMARTS) is 1. The molecule has 0 bridgehead atoms. The van der Waals surface area contributed by atoms with Crippen molar-refractivity contribution in [1.29, 1.82) is 0 Å². The molecule has 2 aromatic rings. The highest BCUT2D eigenvalue weighted by atomic mass is 32.2. The van der Waals surface area contributed by atoms with E-state index in [0.29, 0.717) is 0 Å². The van der Waals surface area contributed by atoms with Crippen molar-refractivity contribution in [3.05, 3.63) is 53.8 Å². The van der Waals surface area contributed by atoms with Gasteiger partial charge in [-0.15, -0.1) is 0 Å². The molecule has 0 aliphatic heterocycles. The molecule has 106 valence electrons. The molecule has 0 unspecified atom stereocenters. The van der Waals surface area contributed by atoms with Gasteiger partial charge in [0.25, 0.3) is 10.0 Å². The van der Waals surface area contributed by atoms with E-state index in [1.54, 1.807) is 31.2 Å². The highest BCUT2D eigenvalue weighted by Gasteiger charge is 2.23. The molecule has 6 nitrogen and oxygen atoms in total. The molecule has 20 heavy (non-hydrogen) atoms. The van der Waals surface area contributed by atoms with Gasteiger partial charge in [0.05, 0.1) is 0 Å². The molecular formula is C13H13NO5S. The number of carbonyl (C=O) groups is 1. The van der Waals surface area contributed by atoms with E-state index in [2.05, 4.69) is 4.72 Å². The zero-order valence-electron chi connectivity index (χ0n) is 10.6. The standard InChI is InChI=1S/C13H13NO5S/c1-9(10-5-3-2-4-6-10)14-20(17,18)12-8-7-11(19-12)13(15)16/h2-9,14H,1H3,(H,15,16)/t9-/m1/s1. The minimum Gasteiger partial charge on any atom is -0.475 e. The Morgan fingerprint density at radius 1 is 1.20 bits per heavy atom. The van der Waals surface area contributed by atoms with Crippen LogP contribution in [0.1, 0.15) is 29.1 Å². The molecule has 0 aliphatic carbocycles. The van der Waals surface area contributed by atoms with E-state index in [1.807, 2.05) is 6.07 Å². The van der Waals surface area contributed by atoms with Gasteiger partial charge in [-0.25, -0.2) is 17.9 Å². The van der Waals surface area contributed by atoms with E-state index in [9.17, 15) is 13.2 Å². The van der Waals surface area contributed by atoms with Gasteiger partial charge < -0.3 is 9.52 Å². The predicted octanol–water partition coefficient (Wildman–Crippen LogP) is 2.02. The largest absolute Gasteiger partial charge is 0.475 e. The van der Waals surface area contributed by atoms with Gasteiger partial charge in [0.1, 0.15) is 0 Å². The van der Waals surface area contributed by atoms with Crippen LogP contribution in [0.3, 0.4) is 0 Å². The van der Waals surface area contributed by atoms with Gasteiger partial charge in [-0.3, -0.25) is 0 Å². The summed E-state index contributed by atoms with van der Waals surface area (Å²) >= 11 is 0. The summed E-state index contributed by atoms with van der Waals surface area (Å²) in [5, 5.41) is 8.30. The summed E-state index contributed by atoms with van der Waals surface area (Å²) in [5.74, 6) is -1.74. The Hall–Kier alpha value is -2.12. The zero-order chi connectivity index (χ0) is 14.8. The minimum atomic E-state index is -3.90. The third-order valence-corrected chi connectivity index (χ3v) is 4.10. The molecule has 7 heteroatoms. The van der Waals surface area contributed by atoms with Crippen LogP contribution in [0.15, 0.2) is 52.0 Å². The molecule has 1 aromatic carbocycles. The quantitative estimate of drug-likeness (QED) is 0.879. The van der Waals surface area contributed by atoms with Crippen molar-refractivity contribution < 1.29 is 22.7 Å². The monoisotopic (exact) mass is 295 g/mol. The second-order valence-electron chi connectivity index (χ2n) is 4.18. The van der Waals surface area contributed by atoms with Crippen molar-refractivity contribution >= 4 is 16.0 Å². The van der Waals surface area contributed by atoms with Crippen LogP contribution >= 0.6 is 0 Å². The summed E-state index contributed by atoms with van der Waals surface area (Å²) in [5.41, 5.74) is 0.793. The van der Waals surface area contributed by atoms with Crippen molar-refractivity contribution in [3.63, 3.8) is 0 Å². The first-order chi connectivity index (χ1) is 9.40. The molecule has 0 saturated heterocycles. The lowest BCUT2D eigenvalue weighted by atomic mass is 10.1. The van der Waals surface area contributed by atoms with E-state index in [4.69, 9.17) is 9.52 Å². The third kappa shape index (κ3) is 3.06. The van der Waals surface area contributed by atoms with E-state index < -0.39 is 32.9 Å². The van der Waals surface area contributed by atoms with Gasteiger partial charge in [0.15, 0.2) is 0 Å². The van der Waals surface area contributed by atoms with E-state index in [1.165, 1.54) is 0 Å². The van der Waals surface area contributed by atoms with Gasteiger partial charge in [0, 0.05) is 6.04 Å². The average Bonchev–Trinajstić information content (AvgIpc) is 2.90. The molecule has 1 atom stereocenters. The Kier molecular flexibility index (Phi) is 3.91. The summed E-state index contributed by atoms with van der Waals surface area (Å²) in [6.07, 6.45) is 0. The fourth-order valence-corrected chi connectivity index (χ4v) is 2.84. The molecule has 0 fully saturated rings. The van der Waals surface area contributed by atoms with Gasteiger partial charge in [-0.1, -0.05) is 30.3 Å². The average molecular weight is 295 g/mol. The van der Waals surface area contributed by atoms with Crippen LogP contribution in [0.4, 0.5) is 0 Å². The van der Waals surface area contributed by atoms with Crippen LogP contribution in [-0.2, 0) is 10.0 Å². The maximum Gasteiger partial charge on any atom is 0.371 e. The Labute approximate surface area is 116 Å². The number of benzene rings is 1. The summed E-state index contributed by atoms with van der Waals surface area (Å²) in [6, 6.07) is 10.8. The first-order valence-corrected chi connectivity index (χ1v) is 7.29. The highest BCUT2D eigenvalue weighted by molar-refractivity contribution is 7.89. The van der Waals surface area contributed by atoms with Crippen molar-refractivity contribution in [3.8, 4) is 0 Å². The lowest BCUT2D eigenvalue weighted by Crippen LogP contribution is -2.26. The Balaban J connectivity index is 2.20. The number of carboxylic acids is 1. The summed E-state index contributed by atoms with van der Waals surface area (Å²) in [4.78, 5) is 10.7. The Bertz CT molecular complexity index is 705. The second kappa shape index (κ2) is 5.48. The predicted molar refractivity (Wildman–Crippen MR) is 70.8 cm³/mol. The van der Waals surface area contributed by atoms with Crippen molar-refractivity contribution in [2.45, 2.75) is 18.1 Å². The van der Waals surface area contributed by atoms with Crippen LogP contribution in [0, 0.1) is 0 Å². The number of hydrogen-bond donors (Lipinski definition) is 2. The second-order valence-corrected chi connectivity index (χ2v) is 5.82. The molecule has 0 radical (unpaired) electrons. The molecule has 0 aliphatic rings. The molecule has 2 rings (SSSR count). The molecule has 1 aromatic heterocycles. The molecule has 1 heterocycles. The van der Waals surface area contributed by atoms with Crippen molar-refractivity contribution in [2.24, 2.45) is 0 Å². The molecule has 0 saturated carbocycles. The Morgan fingerprint density at radius 2 is 1.85 bits per heavy atom. The van der Waals surface area contributed by atoms with Crippen LogP contribution in [0.2, 0.25) is 0 Å². The van der Waals surface area contributed by atoms with Gasteiger partial charge in [-0.2, -0.15) is 0 Å².